The van der Waals surface area contributed by atoms with Crippen LogP contribution in [0.2, 0.25) is 5.28 Å². The number of nitrogens with two attached hydrogens (primary N) is 1. The SMILES string of the molecule is CCN(CCNc1nc(N)nc(Cl)n1)C1CC1. The van der Waals surface area contributed by atoms with Crippen molar-refractivity contribution in [2.75, 3.05) is 30.7 Å². The third kappa shape index (κ3) is 3.67. The number of rotatable bonds is 6. The van der Waals surface area contributed by atoms with E-state index in [1.165, 1.54) is 12.8 Å². The lowest BCUT2D eigenvalue weighted by Gasteiger charge is -2.19. The lowest BCUT2D eigenvalue weighted by Crippen LogP contribution is -2.31. The molecule has 1 fully saturated rings. The first-order valence-electron chi connectivity index (χ1n) is 5.84. The maximum atomic E-state index is 5.69. The summed E-state index contributed by atoms with van der Waals surface area (Å²) in [5.41, 5.74) is 5.48. The van der Waals surface area contributed by atoms with E-state index in [2.05, 4.69) is 32.1 Å². The number of nitrogens with one attached hydrogen (secondary N) is 1. The Morgan fingerprint density at radius 2 is 2.18 bits per heavy atom. The lowest BCUT2D eigenvalue weighted by atomic mass is 10.4. The summed E-state index contributed by atoms with van der Waals surface area (Å²) in [5, 5.41) is 3.23. The molecule has 1 aliphatic carbocycles. The highest BCUT2D eigenvalue weighted by molar-refractivity contribution is 6.28. The van der Waals surface area contributed by atoms with Gasteiger partial charge in [0.15, 0.2) is 0 Å². The van der Waals surface area contributed by atoms with Gasteiger partial charge in [0, 0.05) is 19.1 Å². The van der Waals surface area contributed by atoms with Crippen LogP contribution in [0.3, 0.4) is 0 Å². The molecule has 0 aliphatic heterocycles. The third-order valence-corrected chi connectivity index (χ3v) is 2.95. The van der Waals surface area contributed by atoms with Crippen molar-refractivity contribution in [2.45, 2.75) is 25.8 Å². The predicted molar refractivity (Wildman–Crippen MR) is 68.0 cm³/mol. The van der Waals surface area contributed by atoms with Gasteiger partial charge >= 0.3 is 0 Å². The quantitative estimate of drug-likeness (QED) is 0.791. The molecule has 0 bridgehead atoms. The molecule has 7 heteroatoms. The Morgan fingerprint density at radius 3 is 2.76 bits per heavy atom. The summed E-state index contributed by atoms with van der Waals surface area (Å²) in [6, 6.07) is 0.772. The van der Waals surface area contributed by atoms with Crippen molar-refractivity contribution >= 4 is 23.5 Å². The number of nitrogens with zero attached hydrogens (tertiary/aromatic N) is 4. The zero-order valence-electron chi connectivity index (χ0n) is 9.86. The van der Waals surface area contributed by atoms with Gasteiger partial charge in [0.1, 0.15) is 0 Å². The fraction of sp³-hybridized carbons (Fsp3) is 0.700. The van der Waals surface area contributed by atoms with Crippen LogP contribution in [0.5, 0.6) is 0 Å². The average Bonchev–Trinajstić information content (AvgIpc) is 3.07. The molecule has 0 spiro atoms. The largest absolute Gasteiger partial charge is 0.368 e. The second-order valence-electron chi connectivity index (χ2n) is 4.07. The standard InChI is InChI=1S/C10H17ClN6/c1-2-17(7-3-4-7)6-5-13-10-15-8(11)14-9(12)16-10/h7H,2-6H2,1H3,(H3,12,13,14,15,16). The minimum absolute atomic E-state index is 0.120. The van der Waals surface area contributed by atoms with Gasteiger partial charge in [-0.15, -0.1) is 0 Å². The van der Waals surface area contributed by atoms with E-state index < -0.39 is 0 Å². The molecule has 1 aliphatic rings. The first-order chi connectivity index (χ1) is 8.19. The summed E-state index contributed by atoms with van der Waals surface area (Å²) < 4.78 is 0. The predicted octanol–water partition coefficient (Wildman–Crippen LogP) is 1.00. The zero-order valence-corrected chi connectivity index (χ0v) is 10.6. The van der Waals surface area contributed by atoms with Crippen molar-refractivity contribution in [2.24, 2.45) is 0 Å². The van der Waals surface area contributed by atoms with Crippen LogP contribution in [0, 0.1) is 0 Å². The van der Waals surface area contributed by atoms with Crippen molar-refractivity contribution in [3.63, 3.8) is 0 Å². The summed E-state index contributed by atoms with van der Waals surface area (Å²) in [5.74, 6) is 0.580. The lowest BCUT2D eigenvalue weighted by molar-refractivity contribution is 0.289. The third-order valence-electron chi connectivity index (χ3n) is 2.78. The van der Waals surface area contributed by atoms with Crippen molar-refractivity contribution in [1.82, 2.24) is 19.9 Å². The highest BCUT2D eigenvalue weighted by atomic mass is 35.5. The molecule has 0 atom stereocenters. The Labute approximate surface area is 106 Å². The van der Waals surface area contributed by atoms with Crippen LogP contribution in [0.15, 0.2) is 0 Å². The molecule has 1 heterocycles. The molecule has 0 unspecified atom stereocenters. The van der Waals surface area contributed by atoms with Gasteiger partial charge in [0.2, 0.25) is 17.2 Å². The fourth-order valence-corrected chi connectivity index (χ4v) is 1.96. The molecule has 2 rings (SSSR count). The molecule has 94 valence electrons. The second-order valence-corrected chi connectivity index (χ2v) is 4.41. The summed E-state index contributed by atoms with van der Waals surface area (Å²) in [7, 11) is 0. The molecule has 0 aromatic carbocycles. The van der Waals surface area contributed by atoms with E-state index in [4.69, 9.17) is 17.3 Å². The average molecular weight is 257 g/mol. The van der Waals surface area contributed by atoms with Gasteiger partial charge in [-0.05, 0) is 31.0 Å². The van der Waals surface area contributed by atoms with E-state index in [0.29, 0.717) is 5.95 Å². The van der Waals surface area contributed by atoms with Gasteiger partial charge in [-0.1, -0.05) is 6.92 Å². The van der Waals surface area contributed by atoms with Crippen LogP contribution in [0.4, 0.5) is 11.9 Å². The zero-order chi connectivity index (χ0) is 12.3. The van der Waals surface area contributed by atoms with Crippen LogP contribution in [-0.4, -0.2) is 45.5 Å². The second kappa shape index (κ2) is 5.46. The number of halogens is 1. The number of likely N-dealkylation sites (N-methyl/N-ethyl adjacent to an activating group) is 1. The van der Waals surface area contributed by atoms with Gasteiger partial charge in [0.25, 0.3) is 0 Å². The van der Waals surface area contributed by atoms with E-state index in [0.717, 1.165) is 25.7 Å². The number of anilines is 2. The molecule has 3 N–H and O–H groups in total. The summed E-state index contributed by atoms with van der Waals surface area (Å²) >= 11 is 5.69. The first kappa shape index (κ1) is 12.3. The smallest absolute Gasteiger partial charge is 0.228 e. The van der Waals surface area contributed by atoms with Crippen LogP contribution in [-0.2, 0) is 0 Å². The minimum atomic E-state index is 0.120. The first-order valence-corrected chi connectivity index (χ1v) is 6.22. The molecule has 0 saturated heterocycles. The molecular weight excluding hydrogens is 240 g/mol. The van der Waals surface area contributed by atoms with Crippen LogP contribution in [0.1, 0.15) is 19.8 Å². The van der Waals surface area contributed by atoms with Gasteiger partial charge < -0.3 is 11.1 Å². The van der Waals surface area contributed by atoms with Crippen molar-refractivity contribution < 1.29 is 0 Å². The topological polar surface area (TPSA) is 80.0 Å². The van der Waals surface area contributed by atoms with Crippen molar-refractivity contribution in [3.05, 3.63) is 5.28 Å². The maximum absolute atomic E-state index is 5.69. The Hall–Kier alpha value is -1.14. The fourth-order valence-electron chi connectivity index (χ4n) is 1.79. The molecule has 1 saturated carbocycles. The van der Waals surface area contributed by atoms with Gasteiger partial charge in [-0.25, -0.2) is 0 Å². The van der Waals surface area contributed by atoms with Gasteiger partial charge in [0.05, 0.1) is 0 Å². The molecule has 0 radical (unpaired) electrons. The molecule has 6 nitrogen and oxygen atoms in total. The number of hydrogen-bond donors (Lipinski definition) is 2. The van der Waals surface area contributed by atoms with E-state index in [9.17, 15) is 0 Å². The number of aromatic nitrogens is 3. The summed E-state index contributed by atoms with van der Waals surface area (Å²) in [6.07, 6.45) is 2.64. The highest BCUT2D eigenvalue weighted by Gasteiger charge is 2.27. The van der Waals surface area contributed by atoms with E-state index >= 15 is 0 Å². The molecule has 1 aromatic rings. The maximum Gasteiger partial charge on any atom is 0.228 e. The Kier molecular flexibility index (Phi) is 3.96. The van der Waals surface area contributed by atoms with Gasteiger partial charge in [-0.2, -0.15) is 15.0 Å². The Balaban J connectivity index is 1.80. The molecule has 1 aromatic heterocycles. The minimum Gasteiger partial charge on any atom is -0.368 e. The number of nitrogen functional groups attached to an aromatic ring is 1. The van der Waals surface area contributed by atoms with Crippen LogP contribution < -0.4 is 11.1 Å². The molecule has 0 amide bonds. The number of hydrogen-bond acceptors (Lipinski definition) is 6. The molecular formula is C10H17ClN6. The van der Waals surface area contributed by atoms with E-state index in [1.54, 1.807) is 0 Å². The van der Waals surface area contributed by atoms with Crippen molar-refractivity contribution in [1.29, 1.82) is 0 Å². The van der Waals surface area contributed by atoms with E-state index in [-0.39, 0.29) is 11.2 Å². The Morgan fingerprint density at radius 1 is 1.41 bits per heavy atom. The van der Waals surface area contributed by atoms with Crippen molar-refractivity contribution in [3.8, 4) is 0 Å². The normalized spacial score (nSPS) is 15.2. The summed E-state index contributed by atoms with van der Waals surface area (Å²) in [4.78, 5) is 14.1. The molecule has 17 heavy (non-hydrogen) atoms. The highest BCUT2D eigenvalue weighted by Crippen LogP contribution is 2.25. The summed E-state index contributed by atoms with van der Waals surface area (Å²) in [6.45, 7) is 5.01. The van der Waals surface area contributed by atoms with E-state index in [1.807, 2.05) is 0 Å². The monoisotopic (exact) mass is 256 g/mol. The van der Waals surface area contributed by atoms with Crippen LogP contribution >= 0.6 is 11.6 Å². The van der Waals surface area contributed by atoms with Gasteiger partial charge in [-0.3, -0.25) is 4.90 Å². The Bertz CT molecular complexity index is 361. The van der Waals surface area contributed by atoms with Crippen LogP contribution in [0.25, 0.3) is 0 Å².